The van der Waals surface area contributed by atoms with Gasteiger partial charge in [-0.25, -0.2) is 9.69 Å². The predicted octanol–water partition coefficient (Wildman–Crippen LogP) is 3.93. The maximum absolute atomic E-state index is 14.0. The van der Waals surface area contributed by atoms with Gasteiger partial charge in [0, 0.05) is 24.8 Å². The highest BCUT2D eigenvalue weighted by Crippen LogP contribution is 2.38. The number of hydrogen-bond donors (Lipinski definition) is 1. The lowest BCUT2D eigenvalue weighted by Gasteiger charge is -2.40. The third kappa shape index (κ3) is 4.39. The number of carbonyl (C=O) groups is 3. The average molecular weight is 443 g/mol. The molecule has 1 N–H and O–H groups in total. The molecule has 4 rings (SSSR count). The first kappa shape index (κ1) is 22.3. The van der Waals surface area contributed by atoms with Crippen LogP contribution in [0.3, 0.4) is 0 Å². The molecule has 0 saturated carbocycles. The van der Waals surface area contributed by atoms with Gasteiger partial charge in [-0.3, -0.25) is 24.9 Å². The summed E-state index contributed by atoms with van der Waals surface area (Å²) in [6.45, 7) is 3.80. The van der Waals surface area contributed by atoms with Crippen molar-refractivity contribution >= 4 is 23.5 Å². The van der Waals surface area contributed by atoms with Gasteiger partial charge in [-0.1, -0.05) is 12.1 Å². The standard InChI is InChI=1S/C26H26N4O3/c1-18-4-3-5-22(19(18)2)30-24(32)26(23(31)29-25(30)33,12-6-20-8-14-27-15-9-20)13-7-21-10-16-28-17-11-21/h3-5,8-11,14-17H,6-7,12-13H2,1-2H3,(H,29,31,33). The van der Waals surface area contributed by atoms with Crippen LogP contribution in [-0.2, 0) is 22.4 Å². The summed E-state index contributed by atoms with van der Waals surface area (Å²) in [5, 5.41) is 2.47. The highest BCUT2D eigenvalue weighted by atomic mass is 16.2. The van der Waals surface area contributed by atoms with E-state index in [9.17, 15) is 14.4 Å². The minimum atomic E-state index is -1.38. The summed E-state index contributed by atoms with van der Waals surface area (Å²) in [5.74, 6) is -1.02. The Morgan fingerprint density at radius 2 is 1.36 bits per heavy atom. The Labute approximate surface area is 192 Å². The molecular weight excluding hydrogens is 416 g/mol. The fourth-order valence-electron chi connectivity index (χ4n) is 4.25. The van der Waals surface area contributed by atoms with Crippen LogP contribution in [0, 0.1) is 19.3 Å². The fourth-order valence-corrected chi connectivity index (χ4v) is 4.25. The monoisotopic (exact) mass is 442 g/mol. The summed E-state index contributed by atoms with van der Waals surface area (Å²) in [7, 11) is 0. The molecule has 0 radical (unpaired) electrons. The van der Waals surface area contributed by atoms with Crippen molar-refractivity contribution in [2.24, 2.45) is 5.41 Å². The summed E-state index contributed by atoms with van der Waals surface area (Å²) < 4.78 is 0. The first-order valence-electron chi connectivity index (χ1n) is 11.0. The van der Waals surface area contributed by atoms with E-state index >= 15 is 0 Å². The minimum absolute atomic E-state index is 0.279. The highest BCUT2D eigenvalue weighted by Gasteiger charge is 2.53. The lowest BCUT2D eigenvalue weighted by atomic mass is 9.74. The second-order valence-electron chi connectivity index (χ2n) is 8.41. The Bertz CT molecular complexity index is 1140. The summed E-state index contributed by atoms with van der Waals surface area (Å²) >= 11 is 0. The van der Waals surface area contributed by atoms with Crippen LogP contribution in [-0.4, -0.2) is 27.8 Å². The topological polar surface area (TPSA) is 92.3 Å². The molecule has 0 spiro atoms. The lowest BCUT2D eigenvalue weighted by molar-refractivity contribution is -0.143. The molecular formula is C26H26N4O3. The quantitative estimate of drug-likeness (QED) is 0.560. The van der Waals surface area contributed by atoms with Crippen molar-refractivity contribution in [1.29, 1.82) is 0 Å². The van der Waals surface area contributed by atoms with Gasteiger partial charge in [0.25, 0.3) is 5.91 Å². The molecule has 0 bridgehead atoms. The molecule has 7 nitrogen and oxygen atoms in total. The Morgan fingerprint density at radius 1 is 0.818 bits per heavy atom. The smallest absolute Gasteiger partial charge is 0.276 e. The number of aromatic nitrogens is 2. The molecule has 7 heteroatoms. The molecule has 0 aliphatic carbocycles. The number of nitrogens with zero attached hydrogens (tertiary/aromatic N) is 3. The van der Waals surface area contributed by atoms with Gasteiger partial charge in [0.15, 0.2) is 0 Å². The number of rotatable bonds is 7. The molecule has 4 amide bonds. The van der Waals surface area contributed by atoms with E-state index in [4.69, 9.17) is 0 Å². The zero-order valence-electron chi connectivity index (χ0n) is 18.7. The van der Waals surface area contributed by atoms with Crippen LogP contribution in [0.15, 0.2) is 67.3 Å². The first-order chi connectivity index (χ1) is 15.9. The maximum atomic E-state index is 14.0. The zero-order valence-corrected chi connectivity index (χ0v) is 18.7. The van der Waals surface area contributed by atoms with Gasteiger partial charge in [-0.2, -0.15) is 0 Å². The van der Waals surface area contributed by atoms with Crippen molar-refractivity contribution < 1.29 is 14.4 Å². The van der Waals surface area contributed by atoms with Crippen LogP contribution < -0.4 is 10.2 Å². The van der Waals surface area contributed by atoms with Gasteiger partial charge in [-0.05, 0) is 92.1 Å². The van der Waals surface area contributed by atoms with Crippen molar-refractivity contribution in [2.75, 3.05) is 4.90 Å². The van der Waals surface area contributed by atoms with E-state index in [2.05, 4.69) is 15.3 Å². The average Bonchev–Trinajstić information content (AvgIpc) is 2.83. The van der Waals surface area contributed by atoms with Crippen LogP contribution in [0.2, 0.25) is 0 Å². The van der Waals surface area contributed by atoms with Gasteiger partial charge >= 0.3 is 6.03 Å². The fraction of sp³-hybridized carbons (Fsp3) is 0.269. The van der Waals surface area contributed by atoms with Gasteiger partial charge < -0.3 is 0 Å². The molecule has 0 atom stereocenters. The third-order valence-corrected chi connectivity index (χ3v) is 6.47. The van der Waals surface area contributed by atoms with Crippen LogP contribution in [0.1, 0.15) is 35.1 Å². The number of pyridine rings is 2. The van der Waals surface area contributed by atoms with E-state index in [1.165, 1.54) is 0 Å². The molecule has 33 heavy (non-hydrogen) atoms. The van der Waals surface area contributed by atoms with Crippen molar-refractivity contribution in [3.05, 3.63) is 89.5 Å². The molecule has 1 saturated heterocycles. The third-order valence-electron chi connectivity index (χ3n) is 6.47. The Kier molecular flexibility index (Phi) is 6.31. The van der Waals surface area contributed by atoms with Crippen LogP contribution >= 0.6 is 0 Å². The van der Waals surface area contributed by atoms with Crippen molar-refractivity contribution in [3.8, 4) is 0 Å². The number of benzene rings is 1. The molecule has 1 fully saturated rings. The van der Waals surface area contributed by atoms with Crippen molar-refractivity contribution in [3.63, 3.8) is 0 Å². The maximum Gasteiger partial charge on any atom is 0.335 e. The molecule has 168 valence electrons. The van der Waals surface area contributed by atoms with Crippen molar-refractivity contribution in [2.45, 2.75) is 39.5 Å². The predicted molar refractivity (Wildman–Crippen MR) is 124 cm³/mol. The number of urea groups is 1. The summed E-state index contributed by atoms with van der Waals surface area (Å²) in [4.78, 5) is 49.4. The zero-order chi connectivity index (χ0) is 23.4. The van der Waals surface area contributed by atoms with Crippen LogP contribution in [0.5, 0.6) is 0 Å². The van der Waals surface area contributed by atoms with E-state index in [0.717, 1.165) is 27.2 Å². The number of imide groups is 2. The summed E-state index contributed by atoms with van der Waals surface area (Å²) in [6.07, 6.45) is 8.32. The first-order valence-corrected chi connectivity index (χ1v) is 11.0. The molecule has 1 aliphatic heterocycles. The molecule has 2 aromatic heterocycles. The Morgan fingerprint density at radius 3 is 1.91 bits per heavy atom. The number of carbonyl (C=O) groups excluding carboxylic acids is 3. The number of nitrogens with one attached hydrogen (secondary N) is 1. The van der Waals surface area contributed by atoms with Gasteiger partial charge in [-0.15, -0.1) is 0 Å². The van der Waals surface area contributed by atoms with E-state index in [1.807, 2.05) is 50.2 Å². The van der Waals surface area contributed by atoms with Gasteiger partial charge in [0.1, 0.15) is 5.41 Å². The number of aryl methyl sites for hydroxylation is 3. The number of barbiturate groups is 1. The van der Waals surface area contributed by atoms with E-state index < -0.39 is 23.3 Å². The Balaban J connectivity index is 1.73. The normalized spacial score (nSPS) is 15.5. The SMILES string of the molecule is Cc1cccc(N2C(=O)NC(=O)C(CCc3ccncc3)(CCc3ccncc3)C2=O)c1C. The minimum Gasteiger partial charge on any atom is -0.276 e. The van der Waals surface area contributed by atoms with Gasteiger partial charge in [0.05, 0.1) is 5.69 Å². The van der Waals surface area contributed by atoms with E-state index in [0.29, 0.717) is 18.5 Å². The Hall–Kier alpha value is -3.87. The van der Waals surface area contributed by atoms with Crippen LogP contribution in [0.4, 0.5) is 10.5 Å². The largest absolute Gasteiger partial charge is 0.335 e. The second kappa shape index (κ2) is 9.32. The molecule has 1 aromatic carbocycles. The summed E-state index contributed by atoms with van der Waals surface area (Å²) in [5.41, 5.74) is 2.86. The van der Waals surface area contributed by atoms with E-state index in [1.54, 1.807) is 30.9 Å². The number of hydrogen-bond acceptors (Lipinski definition) is 5. The lowest BCUT2D eigenvalue weighted by Crippen LogP contribution is -2.64. The van der Waals surface area contributed by atoms with Crippen molar-refractivity contribution in [1.82, 2.24) is 15.3 Å². The van der Waals surface area contributed by atoms with E-state index in [-0.39, 0.29) is 12.8 Å². The highest BCUT2D eigenvalue weighted by molar-refractivity contribution is 6.30. The van der Waals surface area contributed by atoms with Gasteiger partial charge in [0.2, 0.25) is 5.91 Å². The number of amides is 4. The second-order valence-corrected chi connectivity index (χ2v) is 8.41. The molecule has 1 aliphatic rings. The molecule has 3 heterocycles. The molecule has 0 unspecified atom stereocenters. The van der Waals surface area contributed by atoms with Crippen LogP contribution in [0.25, 0.3) is 0 Å². The molecule has 3 aromatic rings. The summed E-state index contributed by atoms with van der Waals surface area (Å²) in [6, 6.07) is 12.3. The number of anilines is 1.